The summed E-state index contributed by atoms with van der Waals surface area (Å²) in [5.74, 6) is 0.925. The summed E-state index contributed by atoms with van der Waals surface area (Å²) in [5, 5.41) is 0. The van der Waals surface area contributed by atoms with Crippen LogP contribution in [0.25, 0.3) is 0 Å². The molecule has 21 heavy (non-hydrogen) atoms. The summed E-state index contributed by atoms with van der Waals surface area (Å²) in [6.45, 7) is 11.4. The summed E-state index contributed by atoms with van der Waals surface area (Å²) in [7, 11) is 1.89. The highest BCUT2D eigenvalue weighted by atomic mass is 16.5. The summed E-state index contributed by atoms with van der Waals surface area (Å²) in [6.07, 6.45) is 12.6. The van der Waals surface area contributed by atoms with Crippen molar-refractivity contribution in [2.24, 2.45) is 11.3 Å². The molecule has 126 valence electrons. The molecule has 1 aliphatic rings. The molecule has 1 saturated carbocycles. The number of unbranched alkanes of at least 4 members (excludes halogenated alkanes) is 5. The molecule has 1 fully saturated rings. The quantitative estimate of drug-likeness (QED) is 0.413. The topological polar surface area (TPSA) is 12.5 Å². The second-order valence-electron chi connectivity index (χ2n) is 7.05. The van der Waals surface area contributed by atoms with E-state index in [0.29, 0.717) is 5.41 Å². The molecule has 2 heteroatoms. The fourth-order valence-electron chi connectivity index (χ4n) is 3.78. The first-order valence-corrected chi connectivity index (χ1v) is 9.43. The highest BCUT2D eigenvalue weighted by molar-refractivity contribution is 4.96. The zero-order chi connectivity index (χ0) is 15.6. The van der Waals surface area contributed by atoms with Crippen LogP contribution in [0.2, 0.25) is 0 Å². The van der Waals surface area contributed by atoms with E-state index in [1.165, 1.54) is 77.4 Å². The summed E-state index contributed by atoms with van der Waals surface area (Å²) >= 11 is 0. The van der Waals surface area contributed by atoms with Crippen molar-refractivity contribution in [1.82, 2.24) is 4.90 Å². The van der Waals surface area contributed by atoms with Crippen molar-refractivity contribution >= 4 is 0 Å². The second-order valence-corrected chi connectivity index (χ2v) is 7.05. The van der Waals surface area contributed by atoms with Crippen LogP contribution in [0.4, 0.5) is 0 Å². The average Bonchev–Trinajstić information content (AvgIpc) is 3.33. The SMILES string of the molecule is CCCCCCCCC(COC)(CN(CC)CC)C1CC1. The van der Waals surface area contributed by atoms with E-state index in [0.717, 1.165) is 12.5 Å². The third-order valence-corrected chi connectivity index (χ3v) is 5.34. The van der Waals surface area contributed by atoms with Gasteiger partial charge in [0.25, 0.3) is 0 Å². The smallest absolute Gasteiger partial charge is 0.0533 e. The Hall–Kier alpha value is -0.0800. The van der Waals surface area contributed by atoms with E-state index in [1.54, 1.807) is 0 Å². The predicted molar refractivity (Wildman–Crippen MR) is 92.8 cm³/mol. The highest BCUT2D eigenvalue weighted by Crippen LogP contribution is 2.49. The third kappa shape index (κ3) is 6.69. The molecule has 0 aromatic heterocycles. The summed E-state index contributed by atoms with van der Waals surface area (Å²) in [6, 6.07) is 0. The van der Waals surface area contributed by atoms with Crippen LogP contribution in [0, 0.1) is 11.3 Å². The lowest BCUT2D eigenvalue weighted by Gasteiger charge is -2.38. The molecule has 0 N–H and O–H groups in total. The lowest BCUT2D eigenvalue weighted by molar-refractivity contribution is 0.0221. The van der Waals surface area contributed by atoms with E-state index in [2.05, 4.69) is 25.7 Å². The van der Waals surface area contributed by atoms with E-state index in [1.807, 2.05) is 7.11 Å². The molecule has 0 aromatic rings. The van der Waals surface area contributed by atoms with Crippen molar-refractivity contribution in [3.8, 4) is 0 Å². The maximum Gasteiger partial charge on any atom is 0.0533 e. The molecule has 0 radical (unpaired) electrons. The van der Waals surface area contributed by atoms with Crippen LogP contribution in [-0.4, -0.2) is 38.3 Å². The van der Waals surface area contributed by atoms with Gasteiger partial charge in [-0.3, -0.25) is 0 Å². The van der Waals surface area contributed by atoms with Crippen LogP contribution in [0.1, 0.15) is 78.6 Å². The third-order valence-electron chi connectivity index (χ3n) is 5.34. The van der Waals surface area contributed by atoms with Crippen molar-refractivity contribution in [3.05, 3.63) is 0 Å². The molecule has 2 nitrogen and oxygen atoms in total. The maximum atomic E-state index is 5.67. The molecule has 0 amide bonds. The first-order chi connectivity index (χ1) is 10.2. The number of hydrogen-bond donors (Lipinski definition) is 0. The lowest BCUT2D eigenvalue weighted by Crippen LogP contribution is -2.42. The van der Waals surface area contributed by atoms with Crippen LogP contribution in [0.15, 0.2) is 0 Å². The Balaban J connectivity index is 2.46. The van der Waals surface area contributed by atoms with Gasteiger partial charge in [-0.15, -0.1) is 0 Å². The van der Waals surface area contributed by atoms with Gasteiger partial charge in [-0.05, 0) is 38.3 Å². The molecular formula is C19H39NO. The van der Waals surface area contributed by atoms with Crippen LogP contribution >= 0.6 is 0 Å². The minimum absolute atomic E-state index is 0.436. The zero-order valence-corrected chi connectivity index (χ0v) is 15.1. The van der Waals surface area contributed by atoms with Crippen LogP contribution in [-0.2, 0) is 4.74 Å². The van der Waals surface area contributed by atoms with Crippen molar-refractivity contribution in [2.75, 3.05) is 33.4 Å². The second kappa shape index (κ2) is 10.6. The van der Waals surface area contributed by atoms with Gasteiger partial charge in [-0.2, -0.15) is 0 Å². The average molecular weight is 298 g/mol. The summed E-state index contributed by atoms with van der Waals surface area (Å²) in [5.41, 5.74) is 0.436. The molecule has 0 aliphatic heterocycles. The van der Waals surface area contributed by atoms with Gasteiger partial charge in [-0.1, -0.05) is 59.3 Å². The van der Waals surface area contributed by atoms with Crippen LogP contribution < -0.4 is 0 Å². The van der Waals surface area contributed by atoms with Crippen molar-refractivity contribution in [2.45, 2.75) is 78.6 Å². The Labute approximate surface area is 133 Å². The van der Waals surface area contributed by atoms with E-state index in [9.17, 15) is 0 Å². The van der Waals surface area contributed by atoms with Gasteiger partial charge < -0.3 is 9.64 Å². The first kappa shape index (κ1) is 19.0. The zero-order valence-electron chi connectivity index (χ0n) is 15.1. The summed E-state index contributed by atoms with van der Waals surface area (Å²) in [4.78, 5) is 2.61. The van der Waals surface area contributed by atoms with Gasteiger partial charge in [0.1, 0.15) is 0 Å². The molecule has 0 aromatic carbocycles. The van der Waals surface area contributed by atoms with Crippen LogP contribution in [0.3, 0.4) is 0 Å². The Kier molecular flexibility index (Phi) is 9.59. The van der Waals surface area contributed by atoms with Gasteiger partial charge in [-0.25, -0.2) is 0 Å². The highest BCUT2D eigenvalue weighted by Gasteiger charge is 2.45. The number of nitrogens with zero attached hydrogens (tertiary/aromatic N) is 1. The predicted octanol–water partition coefficient (Wildman–Crippen LogP) is 5.12. The lowest BCUT2D eigenvalue weighted by atomic mass is 9.77. The molecule has 0 spiro atoms. The van der Waals surface area contributed by atoms with Crippen molar-refractivity contribution in [3.63, 3.8) is 0 Å². The fraction of sp³-hybridized carbons (Fsp3) is 1.00. The number of rotatable bonds is 14. The molecule has 1 rings (SSSR count). The van der Waals surface area contributed by atoms with Gasteiger partial charge in [0.05, 0.1) is 6.61 Å². The molecule has 1 unspecified atom stereocenters. The monoisotopic (exact) mass is 297 g/mol. The molecule has 0 heterocycles. The number of methoxy groups -OCH3 is 1. The van der Waals surface area contributed by atoms with Gasteiger partial charge in [0.15, 0.2) is 0 Å². The number of ether oxygens (including phenoxy) is 1. The minimum Gasteiger partial charge on any atom is -0.384 e. The minimum atomic E-state index is 0.436. The molecular weight excluding hydrogens is 258 g/mol. The standard InChI is InChI=1S/C19H39NO/c1-5-8-9-10-11-12-15-19(17-21-4,18-13-14-18)16-20(6-2)7-3/h18H,5-17H2,1-4H3. The summed E-state index contributed by atoms with van der Waals surface area (Å²) < 4.78 is 5.67. The van der Waals surface area contributed by atoms with Gasteiger partial charge in [0.2, 0.25) is 0 Å². The van der Waals surface area contributed by atoms with E-state index < -0.39 is 0 Å². The van der Waals surface area contributed by atoms with Crippen molar-refractivity contribution < 1.29 is 4.74 Å². The van der Waals surface area contributed by atoms with Gasteiger partial charge in [0, 0.05) is 19.1 Å². The van der Waals surface area contributed by atoms with Crippen LogP contribution in [0.5, 0.6) is 0 Å². The Bertz CT molecular complexity index is 248. The normalized spacial score (nSPS) is 18.1. The molecule has 1 aliphatic carbocycles. The molecule has 0 saturated heterocycles. The van der Waals surface area contributed by atoms with Crippen molar-refractivity contribution in [1.29, 1.82) is 0 Å². The largest absolute Gasteiger partial charge is 0.384 e. The molecule has 0 bridgehead atoms. The molecule has 1 atom stereocenters. The van der Waals surface area contributed by atoms with E-state index in [4.69, 9.17) is 4.74 Å². The Morgan fingerprint density at radius 3 is 2.10 bits per heavy atom. The first-order valence-electron chi connectivity index (χ1n) is 9.43. The Morgan fingerprint density at radius 1 is 0.952 bits per heavy atom. The van der Waals surface area contributed by atoms with E-state index >= 15 is 0 Å². The van der Waals surface area contributed by atoms with Gasteiger partial charge >= 0.3 is 0 Å². The maximum absolute atomic E-state index is 5.67. The Morgan fingerprint density at radius 2 is 1.57 bits per heavy atom. The fourth-order valence-corrected chi connectivity index (χ4v) is 3.78. The number of hydrogen-bond acceptors (Lipinski definition) is 2. The van der Waals surface area contributed by atoms with E-state index in [-0.39, 0.29) is 0 Å².